The van der Waals surface area contributed by atoms with Crippen LogP contribution in [-0.2, 0) is 15.1 Å². The van der Waals surface area contributed by atoms with Crippen molar-refractivity contribution in [3.05, 3.63) is 53.1 Å². The number of carbonyl (C=O) groups excluding carboxylic acids is 1. The van der Waals surface area contributed by atoms with Gasteiger partial charge in [-0.15, -0.1) is 0 Å². The van der Waals surface area contributed by atoms with Crippen molar-refractivity contribution in [3.63, 3.8) is 0 Å². The molecule has 2 aliphatic rings. The van der Waals surface area contributed by atoms with Gasteiger partial charge in [-0.1, -0.05) is 26.0 Å². The highest BCUT2D eigenvalue weighted by molar-refractivity contribution is 6.03. The number of anilines is 1. The minimum absolute atomic E-state index is 0.232. The second kappa shape index (κ2) is 10.6. The molecule has 0 unspecified atom stereocenters. The smallest absolute Gasteiger partial charge is 0.291 e. The highest BCUT2D eigenvalue weighted by Gasteiger charge is 2.27. The summed E-state index contributed by atoms with van der Waals surface area (Å²) in [6.07, 6.45) is 7.13. The molecule has 35 heavy (non-hydrogen) atoms. The minimum atomic E-state index is -0.448. The molecule has 4 rings (SSSR count). The molecule has 0 spiro atoms. The van der Waals surface area contributed by atoms with Gasteiger partial charge in [0.05, 0.1) is 25.4 Å². The van der Waals surface area contributed by atoms with Crippen LogP contribution in [0.15, 0.2) is 30.5 Å². The summed E-state index contributed by atoms with van der Waals surface area (Å²) in [6.45, 7) is 15.8. The number of benzene rings is 1. The van der Waals surface area contributed by atoms with Gasteiger partial charge in [0.25, 0.3) is 5.91 Å². The Bertz CT molecular complexity index is 1060. The highest BCUT2D eigenvalue weighted by atomic mass is 16.5. The minimum Gasteiger partial charge on any atom is -0.379 e. The van der Waals surface area contributed by atoms with Crippen molar-refractivity contribution >= 4 is 17.2 Å². The number of allylic oxidation sites excluding steroid dienone is 2. The van der Waals surface area contributed by atoms with Crippen molar-refractivity contribution in [2.45, 2.75) is 59.5 Å². The highest BCUT2D eigenvalue weighted by Crippen LogP contribution is 2.41. The first-order valence-corrected chi connectivity index (χ1v) is 12.7. The molecule has 0 saturated carbocycles. The van der Waals surface area contributed by atoms with E-state index >= 15 is 0 Å². The predicted molar refractivity (Wildman–Crippen MR) is 140 cm³/mol. The zero-order valence-electron chi connectivity index (χ0n) is 21.9. The molecule has 1 fully saturated rings. The number of rotatable bonds is 8. The van der Waals surface area contributed by atoms with Gasteiger partial charge < -0.3 is 19.8 Å². The Balaban J connectivity index is 1.55. The van der Waals surface area contributed by atoms with E-state index in [9.17, 15) is 4.79 Å². The molecular formula is C28H40N4O3. The Morgan fingerprint density at radius 2 is 2.06 bits per heavy atom. The largest absolute Gasteiger partial charge is 0.379 e. The van der Waals surface area contributed by atoms with E-state index in [4.69, 9.17) is 9.47 Å². The van der Waals surface area contributed by atoms with Crippen molar-refractivity contribution in [2.24, 2.45) is 5.41 Å². The van der Waals surface area contributed by atoms with Crippen LogP contribution >= 0.6 is 0 Å². The normalized spacial score (nSPS) is 18.8. The van der Waals surface area contributed by atoms with Crippen molar-refractivity contribution in [1.82, 2.24) is 14.9 Å². The molecule has 7 nitrogen and oxygen atoms in total. The molecule has 0 radical (unpaired) electrons. The summed E-state index contributed by atoms with van der Waals surface area (Å²) < 4.78 is 11.8. The summed E-state index contributed by atoms with van der Waals surface area (Å²) >= 11 is 0. The van der Waals surface area contributed by atoms with E-state index < -0.39 is 5.60 Å². The van der Waals surface area contributed by atoms with Gasteiger partial charge in [0, 0.05) is 42.8 Å². The van der Waals surface area contributed by atoms with Gasteiger partial charge in [0.1, 0.15) is 0 Å². The first-order valence-electron chi connectivity index (χ1n) is 12.7. The molecule has 190 valence electrons. The lowest BCUT2D eigenvalue weighted by Gasteiger charge is -2.32. The lowest BCUT2D eigenvalue weighted by molar-refractivity contribution is -0.0420. The Morgan fingerprint density at radius 3 is 2.71 bits per heavy atom. The standard InChI is InChI=1S/C28H40N4O3/c1-20-19-29-25(30-20)26(33)31-24-7-6-22(18-23(24)21-8-10-27(2,3)11-9-21)28(4,5)35-17-14-32-12-15-34-16-13-32/h6-8,18-19H,9-17H2,1-5H3,(H,29,30)(H,31,33). The van der Waals surface area contributed by atoms with Crippen molar-refractivity contribution in [3.8, 4) is 0 Å². The quantitative estimate of drug-likeness (QED) is 0.546. The van der Waals surface area contributed by atoms with Crippen LogP contribution in [0.5, 0.6) is 0 Å². The summed E-state index contributed by atoms with van der Waals surface area (Å²) in [5, 5.41) is 3.09. The van der Waals surface area contributed by atoms with Crippen LogP contribution in [0.3, 0.4) is 0 Å². The molecule has 1 aliphatic heterocycles. The van der Waals surface area contributed by atoms with Crippen molar-refractivity contribution in [1.29, 1.82) is 0 Å². The maximum Gasteiger partial charge on any atom is 0.291 e. The van der Waals surface area contributed by atoms with Crippen LogP contribution in [0.4, 0.5) is 5.69 Å². The average molecular weight is 481 g/mol. The van der Waals surface area contributed by atoms with Gasteiger partial charge >= 0.3 is 0 Å². The van der Waals surface area contributed by atoms with Crippen LogP contribution < -0.4 is 5.32 Å². The fourth-order valence-corrected chi connectivity index (χ4v) is 4.66. The summed E-state index contributed by atoms with van der Waals surface area (Å²) in [5.74, 6) is 0.0907. The lowest BCUT2D eigenvalue weighted by atomic mass is 9.76. The van der Waals surface area contributed by atoms with E-state index in [-0.39, 0.29) is 5.91 Å². The number of aromatic amines is 1. The fraction of sp³-hybridized carbons (Fsp3) is 0.571. The molecule has 2 heterocycles. The Labute approximate surface area is 209 Å². The number of imidazole rings is 1. The maximum atomic E-state index is 12.9. The molecule has 1 aromatic carbocycles. The zero-order valence-corrected chi connectivity index (χ0v) is 21.9. The molecule has 1 aromatic heterocycles. The number of morpholine rings is 1. The second-order valence-electron chi connectivity index (χ2n) is 11.0. The third-order valence-electron chi connectivity index (χ3n) is 7.17. The number of H-pyrrole nitrogens is 1. The van der Waals surface area contributed by atoms with Gasteiger partial charge in [-0.2, -0.15) is 0 Å². The zero-order chi connectivity index (χ0) is 25.1. The van der Waals surface area contributed by atoms with Gasteiger partial charge in [0.15, 0.2) is 5.82 Å². The van der Waals surface area contributed by atoms with E-state index in [1.54, 1.807) is 6.20 Å². The van der Waals surface area contributed by atoms with Gasteiger partial charge in [-0.25, -0.2) is 4.98 Å². The average Bonchev–Trinajstić information content (AvgIpc) is 3.26. The first kappa shape index (κ1) is 25.6. The Morgan fingerprint density at radius 1 is 1.29 bits per heavy atom. The second-order valence-corrected chi connectivity index (χ2v) is 11.0. The van der Waals surface area contributed by atoms with Crippen molar-refractivity contribution < 1.29 is 14.3 Å². The van der Waals surface area contributed by atoms with Crippen LogP contribution in [0.25, 0.3) is 5.57 Å². The number of amides is 1. The van der Waals surface area contributed by atoms with Crippen molar-refractivity contribution in [2.75, 3.05) is 44.8 Å². The first-order chi connectivity index (χ1) is 16.6. The molecular weight excluding hydrogens is 440 g/mol. The van der Waals surface area contributed by atoms with Crippen LogP contribution in [0.1, 0.15) is 74.4 Å². The number of nitrogens with zero attached hydrogens (tertiary/aromatic N) is 2. The van der Waals surface area contributed by atoms with Crippen LogP contribution in [-0.4, -0.2) is 60.2 Å². The van der Waals surface area contributed by atoms with Gasteiger partial charge in [0.2, 0.25) is 0 Å². The molecule has 1 aliphatic carbocycles. The molecule has 0 atom stereocenters. The molecule has 2 aromatic rings. The third kappa shape index (κ3) is 6.60. The Hall–Kier alpha value is -2.48. The number of carbonyl (C=O) groups is 1. The van der Waals surface area contributed by atoms with Crippen LogP contribution in [0, 0.1) is 12.3 Å². The monoisotopic (exact) mass is 480 g/mol. The van der Waals surface area contributed by atoms with Gasteiger partial charge in [-0.3, -0.25) is 9.69 Å². The summed E-state index contributed by atoms with van der Waals surface area (Å²) in [5.41, 5.74) is 4.98. The van der Waals surface area contributed by atoms with Gasteiger partial charge in [-0.05, 0) is 68.7 Å². The summed E-state index contributed by atoms with van der Waals surface area (Å²) in [7, 11) is 0. The van der Waals surface area contributed by atoms with E-state index in [1.807, 2.05) is 13.0 Å². The third-order valence-corrected chi connectivity index (χ3v) is 7.17. The van der Waals surface area contributed by atoms with E-state index in [1.165, 1.54) is 5.57 Å². The molecule has 1 saturated heterocycles. The number of hydrogen-bond donors (Lipinski definition) is 2. The number of aromatic nitrogens is 2. The lowest BCUT2D eigenvalue weighted by Crippen LogP contribution is -2.39. The fourth-order valence-electron chi connectivity index (χ4n) is 4.66. The molecule has 7 heteroatoms. The topological polar surface area (TPSA) is 79.5 Å². The van der Waals surface area contributed by atoms with Crippen LogP contribution in [0.2, 0.25) is 0 Å². The molecule has 1 amide bonds. The number of ether oxygens (including phenoxy) is 2. The van der Waals surface area contributed by atoms with E-state index in [2.05, 4.69) is 66.1 Å². The molecule has 0 bridgehead atoms. The molecule has 2 N–H and O–H groups in total. The number of nitrogens with one attached hydrogen (secondary N) is 2. The number of hydrogen-bond acceptors (Lipinski definition) is 5. The Kier molecular flexibility index (Phi) is 7.79. The van der Waals surface area contributed by atoms with E-state index in [0.29, 0.717) is 17.8 Å². The SMILES string of the molecule is Cc1cnc(C(=O)Nc2ccc(C(C)(C)OCCN3CCOCC3)cc2C2=CCC(C)(C)CC2)[nH]1. The summed E-state index contributed by atoms with van der Waals surface area (Å²) in [4.78, 5) is 22.5. The predicted octanol–water partition coefficient (Wildman–Crippen LogP) is 5.15. The van der Waals surface area contributed by atoms with E-state index in [0.717, 1.165) is 74.6 Å². The summed E-state index contributed by atoms with van der Waals surface area (Å²) in [6, 6.07) is 6.27. The number of aryl methyl sites for hydroxylation is 1. The maximum absolute atomic E-state index is 12.9.